The van der Waals surface area contributed by atoms with E-state index in [0.29, 0.717) is 0 Å². The van der Waals surface area contributed by atoms with Gasteiger partial charge in [-0.25, -0.2) is 18.0 Å². The molecule has 12 heteroatoms. The lowest BCUT2D eigenvalue weighted by Gasteiger charge is -2.36. The maximum atomic E-state index is 13.3. The Bertz CT molecular complexity index is 1430. The number of esters is 1. The van der Waals surface area contributed by atoms with Crippen LogP contribution in [0.4, 0.5) is 23.7 Å². The summed E-state index contributed by atoms with van der Waals surface area (Å²) in [4.78, 5) is 26.8. The molecule has 2 aromatic rings. The summed E-state index contributed by atoms with van der Waals surface area (Å²) >= 11 is 0. The quantitative estimate of drug-likeness (QED) is 0.451. The van der Waals surface area contributed by atoms with Crippen molar-refractivity contribution in [2.45, 2.75) is 24.0 Å². The topological polar surface area (TPSA) is 117 Å². The molecule has 0 bridgehead atoms. The van der Waals surface area contributed by atoms with Crippen molar-refractivity contribution in [3.8, 4) is 6.07 Å². The Morgan fingerprint density at radius 3 is 2.56 bits per heavy atom. The molecule has 0 aliphatic carbocycles. The summed E-state index contributed by atoms with van der Waals surface area (Å²) in [6.07, 6.45) is -2.49. The molecule has 0 fully saturated rings. The Morgan fingerprint density at radius 1 is 1.28 bits per heavy atom. The molecule has 3 rings (SSSR count). The van der Waals surface area contributed by atoms with E-state index < -0.39 is 39.6 Å². The van der Waals surface area contributed by atoms with Crippen LogP contribution in [0.5, 0.6) is 0 Å². The fourth-order valence-electron chi connectivity index (χ4n) is 3.75. The average molecular weight is 520 g/mol. The van der Waals surface area contributed by atoms with Crippen LogP contribution in [0.15, 0.2) is 71.3 Å². The van der Waals surface area contributed by atoms with Crippen molar-refractivity contribution in [1.82, 2.24) is 5.32 Å². The van der Waals surface area contributed by atoms with Gasteiger partial charge in [0, 0.05) is 12.0 Å². The van der Waals surface area contributed by atoms with Crippen molar-refractivity contribution in [1.29, 1.82) is 5.26 Å². The minimum atomic E-state index is -4.68. The number of anilines is 1. The van der Waals surface area contributed by atoms with Gasteiger partial charge in [-0.05, 0) is 42.8 Å². The summed E-state index contributed by atoms with van der Waals surface area (Å²) in [6.45, 7) is 4.57. The normalized spacial score (nSPS) is 16.3. The number of nitrogens with zero attached hydrogens (tertiary/aromatic N) is 2. The van der Waals surface area contributed by atoms with E-state index in [2.05, 4.69) is 11.9 Å². The zero-order chi connectivity index (χ0) is 26.8. The number of halogens is 3. The second-order valence-corrected chi connectivity index (χ2v) is 9.77. The monoisotopic (exact) mass is 519 g/mol. The lowest BCUT2D eigenvalue weighted by Crippen LogP contribution is -2.48. The first-order chi connectivity index (χ1) is 16.8. The van der Waals surface area contributed by atoms with Gasteiger partial charge in [-0.3, -0.25) is 4.90 Å². The van der Waals surface area contributed by atoms with Crippen LogP contribution in [0.3, 0.4) is 0 Å². The number of nitrogens with one attached hydrogen (secondary N) is 1. The molecule has 2 amide bonds. The van der Waals surface area contributed by atoms with Crippen LogP contribution in [0.25, 0.3) is 0 Å². The molecule has 2 aromatic carbocycles. The van der Waals surface area contributed by atoms with Crippen molar-refractivity contribution < 1.29 is 35.9 Å². The first-order valence-corrected chi connectivity index (χ1v) is 12.2. The summed E-state index contributed by atoms with van der Waals surface area (Å²) in [7, 11) is -3.94. The number of allylic oxidation sites excluding steroid dienone is 1. The highest BCUT2D eigenvalue weighted by Gasteiger charge is 2.40. The Morgan fingerprint density at radius 2 is 1.97 bits per heavy atom. The molecule has 36 heavy (non-hydrogen) atoms. The predicted octanol–water partition coefficient (Wildman–Crippen LogP) is 4.25. The van der Waals surface area contributed by atoms with E-state index in [-0.39, 0.29) is 39.6 Å². The molecular weight excluding hydrogens is 499 g/mol. The van der Waals surface area contributed by atoms with E-state index in [9.17, 15) is 36.4 Å². The molecule has 8 nitrogen and oxygen atoms in total. The minimum absolute atomic E-state index is 0.0153. The van der Waals surface area contributed by atoms with Crippen LogP contribution in [0.1, 0.15) is 29.7 Å². The third-order valence-corrected chi connectivity index (χ3v) is 6.47. The number of sulfone groups is 1. The van der Waals surface area contributed by atoms with E-state index in [1.54, 1.807) is 0 Å². The van der Waals surface area contributed by atoms with E-state index in [1.807, 2.05) is 6.07 Å². The molecule has 0 unspecified atom stereocenters. The Hall–Kier alpha value is -4.11. The number of nitriles is 1. The number of amides is 2. The summed E-state index contributed by atoms with van der Waals surface area (Å²) in [5.74, 6) is -0.946. The number of hydrogen-bond acceptors (Lipinski definition) is 6. The molecule has 1 N–H and O–H groups in total. The van der Waals surface area contributed by atoms with Gasteiger partial charge in [-0.15, -0.1) is 0 Å². The van der Waals surface area contributed by atoms with Gasteiger partial charge in [0.15, 0.2) is 9.84 Å². The largest absolute Gasteiger partial charge is 0.458 e. The number of carbonyl (C=O) groups is 2. The van der Waals surface area contributed by atoms with Crippen LogP contribution in [0.2, 0.25) is 0 Å². The van der Waals surface area contributed by atoms with Crippen molar-refractivity contribution in [2.75, 3.05) is 17.8 Å². The van der Waals surface area contributed by atoms with Gasteiger partial charge >= 0.3 is 18.2 Å². The lowest BCUT2D eigenvalue weighted by atomic mass is 9.93. The van der Waals surface area contributed by atoms with Gasteiger partial charge in [0.1, 0.15) is 6.61 Å². The van der Waals surface area contributed by atoms with Crippen molar-refractivity contribution in [3.05, 3.63) is 83.1 Å². The molecule has 0 saturated heterocycles. The average Bonchev–Trinajstić information content (AvgIpc) is 2.81. The fraction of sp³-hybridized carbons (Fsp3) is 0.208. The van der Waals surface area contributed by atoms with Gasteiger partial charge in [0.2, 0.25) is 0 Å². The number of alkyl halides is 3. The highest BCUT2D eigenvalue weighted by molar-refractivity contribution is 7.90. The summed E-state index contributed by atoms with van der Waals surface area (Å²) in [6, 6.07) is 7.26. The van der Waals surface area contributed by atoms with Crippen molar-refractivity contribution in [3.63, 3.8) is 0 Å². The number of carbonyl (C=O) groups excluding carboxylic acids is 2. The molecule has 0 aromatic heterocycles. The Kier molecular flexibility index (Phi) is 7.26. The zero-order valence-corrected chi connectivity index (χ0v) is 19.9. The van der Waals surface area contributed by atoms with Crippen LogP contribution in [-0.4, -0.2) is 33.3 Å². The first-order valence-electron chi connectivity index (χ1n) is 10.3. The summed E-state index contributed by atoms with van der Waals surface area (Å²) in [5.41, 5.74) is -1.44. The Balaban J connectivity index is 2.27. The van der Waals surface area contributed by atoms with Crippen LogP contribution >= 0.6 is 0 Å². The maximum Gasteiger partial charge on any atom is 0.416 e. The standard InChI is InChI=1S/C24H20F3N3O5S/c1-4-10-35-22(31)20-14(2)30(17-7-5-6-16(12-17)24(25,26)27)23(32)29-21(20)18-9-8-15(13-28)11-19(18)36(3,33)34/h4-9,11-12,21H,1,10H2,2-3H3,(H,29,32)/t21-/m0/s1. The minimum Gasteiger partial charge on any atom is -0.458 e. The van der Waals surface area contributed by atoms with Gasteiger partial charge in [0.05, 0.1) is 39.4 Å². The molecule has 0 spiro atoms. The van der Waals surface area contributed by atoms with E-state index in [0.717, 1.165) is 35.4 Å². The maximum absolute atomic E-state index is 13.3. The van der Waals surface area contributed by atoms with Crippen molar-refractivity contribution >= 4 is 27.5 Å². The molecule has 1 atom stereocenters. The number of urea groups is 1. The third kappa shape index (κ3) is 5.26. The fourth-order valence-corrected chi connectivity index (χ4v) is 4.70. The third-order valence-electron chi connectivity index (χ3n) is 5.32. The molecule has 1 aliphatic heterocycles. The summed E-state index contributed by atoms with van der Waals surface area (Å²) < 4.78 is 70.0. The number of ether oxygens (including phenoxy) is 1. The van der Waals surface area contributed by atoms with E-state index >= 15 is 0 Å². The molecule has 188 valence electrons. The number of rotatable bonds is 6. The van der Waals surface area contributed by atoms with E-state index in [1.165, 1.54) is 31.2 Å². The van der Waals surface area contributed by atoms with Gasteiger partial charge < -0.3 is 10.1 Å². The smallest absolute Gasteiger partial charge is 0.416 e. The second-order valence-electron chi connectivity index (χ2n) is 7.79. The van der Waals surface area contributed by atoms with Crippen LogP contribution in [-0.2, 0) is 25.5 Å². The van der Waals surface area contributed by atoms with Gasteiger partial charge in [-0.1, -0.05) is 24.8 Å². The predicted molar refractivity (Wildman–Crippen MR) is 123 cm³/mol. The van der Waals surface area contributed by atoms with Gasteiger partial charge in [-0.2, -0.15) is 18.4 Å². The van der Waals surface area contributed by atoms with Crippen LogP contribution < -0.4 is 10.2 Å². The van der Waals surface area contributed by atoms with E-state index in [4.69, 9.17) is 4.74 Å². The molecule has 0 radical (unpaired) electrons. The van der Waals surface area contributed by atoms with Crippen LogP contribution in [0, 0.1) is 11.3 Å². The molecule has 1 aliphatic rings. The number of hydrogen-bond donors (Lipinski definition) is 1. The zero-order valence-electron chi connectivity index (χ0n) is 19.1. The first kappa shape index (κ1) is 26.5. The van der Waals surface area contributed by atoms with Gasteiger partial charge in [0.25, 0.3) is 0 Å². The molecular formula is C24H20F3N3O5S. The van der Waals surface area contributed by atoms with Crippen molar-refractivity contribution in [2.24, 2.45) is 0 Å². The Labute approximate surface area is 205 Å². The SMILES string of the molecule is C=CCOC(=O)C1=C(C)N(c2cccc(C(F)(F)F)c2)C(=O)N[C@H]1c1ccc(C#N)cc1S(C)(=O)=O. The second kappa shape index (κ2) is 9.87. The lowest BCUT2D eigenvalue weighted by molar-refractivity contribution is -0.139. The molecule has 0 saturated carbocycles. The highest BCUT2D eigenvalue weighted by atomic mass is 32.2. The highest BCUT2D eigenvalue weighted by Crippen LogP contribution is 2.38. The number of benzene rings is 2. The summed E-state index contributed by atoms with van der Waals surface area (Å²) in [5, 5.41) is 11.7. The molecule has 1 heterocycles.